The van der Waals surface area contributed by atoms with Crippen molar-refractivity contribution in [2.24, 2.45) is 0 Å². The van der Waals surface area contributed by atoms with E-state index in [1.807, 2.05) is 36.4 Å². The maximum Gasteiger partial charge on any atom is 0.147 e. The van der Waals surface area contributed by atoms with Crippen LogP contribution in [0.5, 0.6) is 0 Å². The summed E-state index contributed by atoms with van der Waals surface area (Å²) in [7, 11) is 0. The van der Waals surface area contributed by atoms with Gasteiger partial charge in [-0.3, -0.25) is 0 Å². The minimum Gasteiger partial charge on any atom is -0.354 e. The molecule has 22 heavy (non-hydrogen) atoms. The van der Waals surface area contributed by atoms with Gasteiger partial charge in [0.05, 0.1) is 16.7 Å². The molecule has 0 radical (unpaired) electrons. The molecule has 0 spiro atoms. The van der Waals surface area contributed by atoms with Crippen LogP contribution in [0.1, 0.15) is 17.5 Å². The Kier molecular flexibility index (Phi) is 4.57. The highest BCUT2D eigenvalue weighted by Crippen LogP contribution is 2.25. The van der Waals surface area contributed by atoms with Gasteiger partial charge in [-0.1, -0.05) is 23.7 Å². The number of aromatic nitrogens is 1. The van der Waals surface area contributed by atoms with Crippen LogP contribution in [0.4, 0.5) is 5.82 Å². The Morgan fingerprint density at radius 2 is 2.14 bits per heavy atom. The summed E-state index contributed by atoms with van der Waals surface area (Å²) >= 11 is 6.20. The van der Waals surface area contributed by atoms with E-state index in [9.17, 15) is 0 Å². The number of hydrogen-bond donors (Lipinski definition) is 1. The van der Waals surface area contributed by atoms with Crippen LogP contribution in [-0.4, -0.2) is 24.1 Å². The van der Waals surface area contributed by atoms with Crippen LogP contribution in [-0.2, 0) is 6.54 Å². The molecule has 1 aromatic carbocycles. The van der Waals surface area contributed by atoms with Crippen LogP contribution in [0.15, 0.2) is 42.6 Å². The highest BCUT2D eigenvalue weighted by Gasteiger charge is 2.24. The lowest BCUT2D eigenvalue weighted by Gasteiger charge is -2.19. The fourth-order valence-electron chi connectivity index (χ4n) is 2.69. The van der Waals surface area contributed by atoms with Crippen LogP contribution < -0.4 is 10.2 Å². The van der Waals surface area contributed by atoms with Crippen LogP contribution in [0.2, 0.25) is 5.02 Å². The molecule has 1 saturated heterocycles. The predicted molar refractivity (Wildman–Crippen MR) is 87.9 cm³/mol. The Balaban J connectivity index is 1.55. The van der Waals surface area contributed by atoms with Crippen molar-refractivity contribution in [1.29, 1.82) is 5.26 Å². The van der Waals surface area contributed by atoms with Gasteiger partial charge >= 0.3 is 0 Å². The molecule has 1 fully saturated rings. The van der Waals surface area contributed by atoms with Crippen molar-refractivity contribution in [3.05, 3.63) is 58.7 Å². The first-order chi connectivity index (χ1) is 10.8. The van der Waals surface area contributed by atoms with E-state index >= 15 is 0 Å². The second-order valence-electron chi connectivity index (χ2n) is 5.43. The lowest BCUT2D eigenvalue weighted by Crippen LogP contribution is -2.32. The molecule has 5 heteroatoms. The van der Waals surface area contributed by atoms with E-state index in [1.54, 1.807) is 6.20 Å². The van der Waals surface area contributed by atoms with Gasteiger partial charge in [-0.15, -0.1) is 0 Å². The van der Waals surface area contributed by atoms with Crippen LogP contribution in [0.3, 0.4) is 0 Å². The molecule has 0 saturated carbocycles. The third-order valence-corrected chi connectivity index (χ3v) is 4.20. The third-order valence-electron chi connectivity index (χ3n) is 3.90. The first kappa shape index (κ1) is 14.8. The number of nitriles is 1. The summed E-state index contributed by atoms with van der Waals surface area (Å²) < 4.78 is 0. The van der Waals surface area contributed by atoms with Crippen molar-refractivity contribution in [3.8, 4) is 6.07 Å². The molecule has 0 unspecified atom stereocenters. The fraction of sp³-hybridized carbons (Fsp3) is 0.294. The second kappa shape index (κ2) is 6.78. The predicted octanol–water partition coefficient (Wildman–Crippen LogP) is 2.98. The molecule has 3 rings (SSSR count). The molecule has 0 aliphatic carbocycles. The number of pyridine rings is 1. The van der Waals surface area contributed by atoms with Crippen molar-refractivity contribution in [2.45, 2.75) is 19.0 Å². The highest BCUT2D eigenvalue weighted by atomic mass is 35.5. The van der Waals surface area contributed by atoms with Crippen molar-refractivity contribution in [1.82, 2.24) is 10.3 Å². The molecule has 1 atom stereocenters. The van der Waals surface area contributed by atoms with Crippen molar-refractivity contribution >= 4 is 17.4 Å². The Morgan fingerprint density at radius 1 is 1.32 bits per heavy atom. The Bertz CT molecular complexity index is 678. The Hall–Kier alpha value is -2.09. The van der Waals surface area contributed by atoms with Crippen LogP contribution >= 0.6 is 11.6 Å². The lowest BCUT2D eigenvalue weighted by molar-refractivity contribution is 0.551. The van der Waals surface area contributed by atoms with Gasteiger partial charge in [0.15, 0.2) is 0 Å². The first-order valence-corrected chi connectivity index (χ1v) is 7.72. The quantitative estimate of drug-likeness (QED) is 0.943. The number of halogens is 1. The van der Waals surface area contributed by atoms with E-state index in [0.29, 0.717) is 16.6 Å². The summed E-state index contributed by atoms with van der Waals surface area (Å²) in [5, 5.41) is 13.1. The molecule has 0 amide bonds. The van der Waals surface area contributed by atoms with Gasteiger partial charge in [0.2, 0.25) is 0 Å². The summed E-state index contributed by atoms with van der Waals surface area (Å²) in [6, 6.07) is 14.0. The fourth-order valence-corrected chi connectivity index (χ4v) is 2.93. The molecule has 1 aliphatic rings. The smallest absolute Gasteiger partial charge is 0.147 e. The molecule has 0 bridgehead atoms. The third kappa shape index (κ3) is 3.38. The monoisotopic (exact) mass is 312 g/mol. The SMILES string of the molecule is N#Cc1ccc(CN[C@H]2CCN(c3ncccc3Cl)C2)cc1. The standard InChI is InChI=1S/C17H17ClN4/c18-16-2-1-8-20-17(16)22-9-7-15(12-22)21-11-14-5-3-13(10-19)4-6-14/h1-6,8,15,21H,7,9,11-12H2/t15-/m0/s1. The summed E-state index contributed by atoms with van der Waals surface area (Å²) in [5.41, 5.74) is 1.88. The van der Waals surface area contributed by atoms with Crippen LogP contribution in [0, 0.1) is 11.3 Å². The number of anilines is 1. The summed E-state index contributed by atoms with van der Waals surface area (Å²) in [6.45, 7) is 2.68. The second-order valence-corrected chi connectivity index (χ2v) is 5.84. The molecule has 1 N–H and O–H groups in total. The van der Waals surface area contributed by atoms with E-state index in [-0.39, 0.29) is 0 Å². The number of rotatable bonds is 4. The van der Waals surface area contributed by atoms with Crippen molar-refractivity contribution in [3.63, 3.8) is 0 Å². The summed E-state index contributed by atoms with van der Waals surface area (Å²) in [4.78, 5) is 6.59. The van der Waals surface area contributed by atoms with Gasteiger partial charge in [-0.2, -0.15) is 5.26 Å². The summed E-state index contributed by atoms with van der Waals surface area (Å²) in [6.07, 6.45) is 2.85. The van der Waals surface area contributed by atoms with Crippen molar-refractivity contribution < 1.29 is 0 Å². The molecule has 112 valence electrons. The van der Waals surface area contributed by atoms with Gasteiger partial charge in [-0.05, 0) is 36.2 Å². The molecular formula is C17H17ClN4. The van der Waals surface area contributed by atoms with E-state index < -0.39 is 0 Å². The van der Waals surface area contributed by atoms with Gasteiger partial charge in [-0.25, -0.2) is 4.98 Å². The normalized spacial score (nSPS) is 17.5. The van der Waals surface area contributed by atoms with Crippen LogP contribution in [0.25, 0.3) is 0 Å². The number of hydrogen-bond acceptors (Lipinski definition) is 4. The lowest BCUT2D eigenvalue weighted by atomic mass is 10.1. The summed E-state index contributed by atoms with van der Waals surface area (Å²) in [5.74, 6) is 0.867. The van der Waals surface area contributed by atoms with Gasteiger partial charge < -0.3 is 10.2 Å². The zero-order valence-electron chi connectivity index (χ0n) is 12.2. The largest absolute Gasteiger partial charge is 0.354 e. The molecule has 1 aromatic heterocycles. The highest BCUT2D eigenvalue weighted by molar-refractivity contribution is 6.32. The average Bonchev–Trinajstić information content (AvgIpc) is 3.02. The zero-order valence-corrected chi connectivity index (χ0v) is 12.9. The number of nitrogens with zero attached hydrogens (tertiary/aromatic N) is 3. The first-order valence-electron chi connectivity index (χ1n) is 7.34. The Morgan fingerprint density at radius 3 is 2.86 bits per heavy atom. The minimum absolute atomic E-state index is 0.425. The number of nitrogens with one attached hydrogen (secondary N) is 1. The minimum atomic E-state index is 0.425. The van der Waals surface area contributed by atoms with Gasteiger partial charge in [0, 0.05) is 31.9 Å². The molecule has 2 heterocycles. The van der Waals surface area contributed by atoms with E-state index in [4.69, 9.17) is 16.9 Å². The molecular weight excluding hydrogens is 296 g/mol. The molecule has 1 aliphatic heterocycles. The molecule has 4 nitrogen and oxygen atoms in total. The van der Waals surface area contributed by atoms with E-state index in [0.717, 1.165) is 31.9 Å². The maximum absolute atomic E-state index is 8.80. The van der Waals surface area contributed by atoms with E-state index in [2.05, 4.69) is 21.3 Å². The molecule has 2 aromatic rings. The van der Waals surface area contributed by atoms with E-state index in [1.165, 1.54) is 5.56 Å². The van der Waals surface area contributed by atoms with Crippen molar-refractivity contribution in [2.75, 3.05) is 18.0 Å². The number of benzene rings is 1. The zero-order chi connectivity index (χ0) is 15.4. The average molecular weight is 313 g/mol. The van der Waals surface area contributed by atoms with Gasteiger partial charge in [0.25, 0.3) is 0 Å². The maximum atomic E-state index is 8.80. The Labute approximate surface area is 135 Å². The topological polar surface area (TPSA) is 52.0 Å². The van der Waals surface area contributed by atoms with Gasteiger partial charge in [0.1, 0.15) is 5.82 Å².